The Bertz CT molecular complexity index is 425. The molecule has 0 saturated carbocycles. The van der Waals surface area contributed by atoms with Gasteiger partial charge in [-0.3, -0.25) is 4.79 Å². The van der Waals surface area contributed by atoms with Crippen molar-refractivity contribution in [3.8, 4) is 0 Å². The Balaban J connectivity index is -0.000000739. The summed E-state index contributed by atoms with van der Waals surface area (Å²) in [6, 6.07) is 8.52. The van der Waals surface area contributed by atoms with E-state index in [1.807, 2.05) is 27.7 Å². The van der Waals surface area contributed by atoms with Gasteiger partial charge in [0, 0.05) is 46.2 Å². The zero-order chi connectivity index (χ0) is 17.4. The molecule has 6 heteroatoms. The van der Waals surface area contributed by atoms with E-state index in [1.165, 1.54) is 7.05 Å². The van der Waals surface area contributed by atoms with Crippen LogP contribution in [0.3, 0.4) is 0 Å². The predicted molar refractivity (Wildman–Crippen MR) is 88.8 cm³/mol. The van der Waals surface area contributed by atoms with Gasteiger partial charge in [0.2, 0.25) is 5.91 Å². The normalized spacial score (nSPS) is 9.43. The molecule has 1 atom stereocenters. The van der Waals surface area contributed by atoms with E-state index in [-0.39, 0.29) is 51.5 Å². The minimum atomic E-state index is -0.832. The Kier molecular flexibility index (Phi) is 22.1. The number of aldehydes is 1. The standard InChI is InChI=1S/C13H15N2O3.2C2H6.Y/c1-14-13(18)11(8-5-9-16)15-12(17)10-6-3-2-4-7-10;2*1-2;/h2-4,6,9,11H,5,8H2,1H3,(H2,14,15,17,18);2*1-2H3;/q-1;;;/p-1. The van der Waals surface area contributed by atoms with Gasteiger partial charge in [-0.05, 0) is 11.9 Å². The second-order valence-corrected chi connectivity index (χ2v) is 3.58. The fraction of sp³-hybridized carbons (Fsp3) is 0.471. The summed E-state index contributed by atoms with van der Waals surface area (Å²) in [5, 5.41) is 6.23. The predicted octanol–water partition coefficient (Wildman–Crippen LogP) is 3.14. The van der Waals surface area contributed by atoms with E-state index in [4.69, 9.17) is 0 Å². The summed E-state index contributed by atoms with van der Waals surface area (Å²) in [5.41, 5.74) is 0.303. The molecule has 0 aliphatic carbocycles. The van der Waals surface area contributed by atoms with E-state index in [0.29, 0.717) is 11.8 Å². The van der Waals surface area contributed by atoms with Crippen molar-refractivity contribution in [3.63, 3.8) is 0 Å². The minimum Gasteiger partial charge on any atom is -0.684 e. The van der Waals surface area contributed by atoms with Crippen molar-refractivity contribution in [2.45, 2.75) is 46.6 Å². The second-order valence-electron chi connectivity index (χ2n) is 3.58. The number of carbonyl (C=O) groups excluding carboxylic acids is 3. The van der Waals surface area contributed by atoms with Gasteiger partial charge in [0.05, 0.1) is 0 Å². The topological polar surface area (TPSA) is 77.3 Å². The number of benzene rings is 1. The fourth-order valence-corrected chi connectivity index (χ4v) is 1.38. The van der Waals surface area contributed by atoms with Crippen molar-refractivity contribution in [1.29, 1.82) is 0 Å². The molecule has 0 aliphatic rings. The third-order valence-corrected chi connectivity index (χ3v) is 2.32. The van der Waals surface area contributed by atoms with E-state index in [2.05, 4.69) is 16.7 Å². The SMILES string of the molecule is CC.CC.CNC(=O)C(CCC=O)[N-]C(=O)c1[c-]cccc1.[Y]. The molecule has 127 valence electrons. The molecule has 0 spiro atoms. The average Bonchev–Trinajstić information content (AvgIpc) is 2.61. The van der Waals surface area contributed by atoms with Crippen LogP contribution in [0.4, 0.5) is 0 Å². The summed E-state index contributed by atoms with van der Waals surface area (Å²) in [6.07, 6.45) is 1.11. The van der Waals surface area contributed by atoms with Crippen LogP contribution in [0.5, 0.6) is 0 Å². The van der Waals surface area contributed by atoms with Crippen LogP contribution in [0.15, 0.2) is 24.3 Å². The molecule has 1 N–H and O–H groups in total. The molecule has 1 unspecified atom stereocenters. The van der Waals surface area contributed by atoms with Crippen LogP contribution in [0.25, 0.3) is 5.32 Å². The molecule has 1 radical (unpaired) electrons. The van der Waals surface area contributed by atoms with Crippen LogP contribution in [-0.4, -0.2) is 31.2 Å². The fourth-order valence-electron chi connectivity index (χ4n) is 1.38. The monoisotopic (exact) mass is 395 g/mol. The van der Waals surface area contributed by atoms with Crippen LogP contribution in [0, 0.1) is 6.07 Å². The van der Waals surface area contributed by atoms with Gasteiger partial charge in [-0.15, -0.1) is 35.9 Å². The number of hydrogen-bond donors (Lipinski definition) is 1. The van der Waals surface area contributed by atoms with Gasteiger partial charge in [0.1, 0.15) is 6.29 Å². The first-order valence-corrected chi connectivity index (χ1v) is 7.56. The smallest absolute Gasteiger partial charge is 0.204 e. The molecule has 0 aliphatic heterocycles. The van der Waals surface area contributed by atoms with Gasteiger partial charge < -0.3 is 20.2 Å². The molecule has 1 aromatic carbocycles. The van der Waals surface area contributed by atoms with Crippen LogP contribution in [-0.2, 0) is 42.3 Å². The molecule has 2 amide bonds. The van der Waals surface area contributed by atoms with Crippen LogP contribution < -0.4 is 5.32 Å². The number of nitrogens with zero attached hydrogens (tertiary/aromatic N) is 1. The number of amides is 2. The Morgan fingerprint density at radius 2 is 1.87 bits per heavy atom. The van der Waals surface area contributed by atoms with Gasteiger partial charge >= 0.3 is 0 Å². The van der Waals surface area contributed by atoms with Crippen molar-refractivity contribution in [2.24, 2.45) is 0 Å². The Morgan fingerprint density at radius 3 is 2.30 bits per heavy atom. The van der Waals surface area contributed by atoms with Gasteiger partial charge in [-0.1, -0.05) is 34.1 Å². The maximum absolute atomic E-state index is 11.8. The van der Waals surface area contributed by atoms with Gasteiger partial charge in [0.15, 0.2) is 0 Å². The molecule has 0 bridgehead atoms. The van der Waals surface area contributed by atoms with Crippen LogP contribution >= 0.6 is 0 Å². The summed E-state index contributed by atoms with van der Waals surface area (Å²) in [5.74, 6) is -0.878. The molecule has 1 aromatic rings. The van der Waals surface area contributed by atoms with Gasteiger partial charge in [-0.2, -0.15) is 0 Å². The van der Waals surface area contributed by atoms with E-state index in [1.54, 1.807) is 24.3 Å². The molecular formula is C17H26N2O3Y-2. The number of hydrogen-bond acceptors (Lipinski definition) is 3. The summed E-state index contributed by atoms with van der Waals surface area (Å²) < 4.78 is 0. The third kappa shape index (κ3) is 12.1. The largest absolute Gasteiger partial charge is 0.684 e. The first kappa shape index (κ1) is 26.8. The van der Waals surface area contributed by atoms with Gasteiger partial charge in [-0.25, -0.2) is 0 Å². The first-order valence-electron chi connectivity index (χ1n) is 7.56. The van der Waals surface area contributed by atoms with Crippen molar-refractivity contribution in [3.05, 3.63) is 41.2 Å². The molecule has 0 fully saturated rings. The Morgan fingerprint density at radius 1 is 1.26 bits per heavy atom. The number of rotatable bonds is 6. The summed E-state index contributed by atoms with van der Waals surface area (Å²) in [6.45, 7) is 8.00. The van der Waals surface area contributed by atoms with Crippen LogP contribution in [0.1, 0.15) is 50.9 Å². The summed E-state index contributed by atoms with van der Waals surface area (Å²) in [4.78, 5) is 33.6. The first-order chi connectivity index (χ1) is 10.7. The van der Waals surface area contributed by atoms with Crippen molar-refractivity contribution in [2.75, 3.05) is 7.05 Å². The molecule has 5 nitrogen and oxygen atoms in total. The summed E-state index contributed by atoms with van der Waals surface area (Å²) in [7, 11) is 1.46. The van der Waals surface area contributed by atoms with Crippen molar-refractivity contribution < 1.29 is 47.1 Å². The number of carbonyl (C=O) groups is 3. The Hall–Kier alpha value is -1.07. The Labute approximate surface area is 164 Å². The zero-order valence-electron chi connectivity index (χ0n) is 14.6. The molecule has 0 aromatic heterocycles. The van der Waals surface area contributed by atoms with E-state index in [0.717, 1.165) is 0 Å². The quantitative estimate of drug-likeness (QED) is 0.594. The average molecular weight is 395 g/mol. The maximum Gasteiger partial charge on any atom is 0.204 e. The van der Waals surface area contributed by atoms with Gasteiger partial charge in [0.25, 0.3) is 0 Å². The number of likely N-dealkylation sites (N-methyl/N-ethyl adjacent to an activating group) is 1. The second kappa shape index (κ2) is 19.0. The van der Waals surface area contributed by atoms with Crippen molar-refractivity contribution in [1.82, 2.24) is 5.32 Å². The molecule has 0 saturated heterocycles. The maximum atomic E-state index is 11.8. The van der Waals surface area contributed by atoms with Crippen LogP contribution in [0.2, 0.25) is 0 Å². The van der Waals surface area contributed by atoms with E-state index < -0.39 is 11.9 Å². The minimum absolute atomic E-state index is 0. The van der Waals surface area contributed by atoms with E-state index in [9.17, 15) is 14.4 Å². The third-order valence-electron chi connectivity index (χ3n) is 2.32. The molecule has 0 heterocycles. The van der Waals surface area contributed by atoms with E-state index >= 15 is 0 Å². The zero-order valence-corrected chi connectivity index (χ0v) is 17.5. The molecule has 23 heavy (non-hydrogen) atoms. The summed E-state index contributed by atoms with van der Waals surface area (Å²) >= 11 is 0. The number of nitrogens with one attached hydrogen (secondary N) is 1. The molecule has 1 rings (SSSR count). The molecular weight excluding hydrogens is 369 g/mol. The van der Waals surface area contributed by atoms with Crippen molar-refractivity contribution >= 4 is 18.1 Å².